The molecule has 5 N–H and O–H groups in total. The maximum atomic E-state index is 11.7. The van der Waals surface area contributed by atoms with Gasteiger partial charge >= 0.3 is 0 Å². The number of nitrogen functional groups attached to an aromatic ring is 2. The Kier molecular flexibility index (Phi) is 4.56. The summed E-state index contributed by atoms with van der Waals surface area (Å²) >= 11 is 0. The first-order valence-electron chi connectivity index (χ1n) is 5.62. The molecule has 1 aromatic rings. The second kappa shape index (κ2) is 5.93. The summed E-state index contributed by atoms with van der Waals surface area (Å²) in [5.41, 5.74) is 11.5. The summed E-state index contributed by atoms with van der Waals surface area (Å²) in [5.74, 6) is 0.856. The second-order valence-corrected chi connectivity index (χ2v) is 3.59. The Morgan fingerprint density at radius 1 is 1.35 bits per heavy atom. The molecule has 1 heterocycles. The fourth-order valence-corrected chi connectivity index (χ4v) is 1.44. The summed E-state index contributed by atoms with van der Waals surface area (Å²) < 4.78 is 0. The lowest BCUT2D eigenvalue weighted by Gasteiger charge is -2.18. The maximum absolute atomic E-state index is 11.7. The molecule has 0 aliphatic rings. The molecule has 0 saturated heterocycles. The van der Waals surface area contributed by atoms with Gasteiger partial charge in [0.05, 0.1) is 12.2 Å². The van der Waals surface area contributed by atoms with Crippen LogP contribution in [0.2, 0.25) is 0 Å². The van der Waals surface area contributed by atoms with Gasteiger partial charge in [-0.25, -0.2) is 4.98 Å². The van der Waals surface area contributed by atoms with E-state index in [1.807, 2.05) is 13.8 Å². The Balaban J connectivity index is 2.55. The molecule has 0 aliphatic carbocycles. The van der Waals surface area contributed by atoms with Crippen molar-refractivity contribution >= 4 is 23.2 Å². The SMILES string of the molecule is CCN(CC)C(=O)CNc1ccc(N)c(N)n1. The van der Waals surface area contributed by atoms with E-state index >= 15 is 0 Å². The van der Waals surface area contributed by atoms with E-state index in [1.165, 1.54) is 0 Å². The summed E-state index contributed by atoms with van der Waals surface area (Å²) in [7, 11) is 0. The van der Waals surface area contributed by atoms with E-state index in [2.05, 4.69) is 10.3 Å². The molecular weight excluding hydrogens is 218 g/mol. The molecule has 0 spiro atoms. The van der Waals surface area contributed by atoms with Crippen LogP contribution in [-0.4, -0.2) is 35.4 Å². The third kappa shape index (κ3) is 3.51. The minimum atomic E-state index is 0.0344. The third-order valence-corrected chi connectivity index (χ3v) is 2.49. The average Bonchev–Trinajstić information content (AvgIpc) is 2.32. The Labute approximate surface area is 101 Å². The highest BCUT2D eigenvalue weighted by atomic mass is 16.2. The zero-order valence-corrected chi connectivity index (χ0v) is 10.2. The van der Waals surface area contributed by atoms with Gasteiger partial charge in [0, 0.05) is 13.1 Å². The molecule has 0 fully saturated rings. The summed E-state index contributed by atoms with van der Waals surface area (Å²) in [4.78, 5) is 17.5. The van der Waals surface area contributed by atoms with Gasteiger partial charge in [-0.3, -0.25) is 4.79 Å². The maximum Gasteiger partial charge on any atom is 0.241 e. The minimum absolute atomic E-state index is 0.0344. The lowest BCUT2D eigenvalue weighted by Crippen LogP contribution is -2.35. The highest BCUT2D eigenvalue weighted by Gasteiger charge is 2.09. The first kappa shape index (κ1) is 13.1. The Bertz CT molecular complexity index is 389. The minimum Gasteiger partial charge on any atom is -0.396 e. The van der Waals surface area contributed by atoms with Crippen molar-refractivity contribution in [2.24, 2.45) is 0 Å². The number of nitrogens with zero attached hydrogens (tertiary/aromatic N) is 2. The molecule has 1 amide bonds. The van der Waals surface area contributed by atoms with E-state index in [9.17, 15) is 4.79 Å². The average molecular weight is 237 g/mol. The van der Waals surface area contributed by atoms with Crippen molar-refractivity contribution in [2.75, 3.05) is 36.4 Å². The van der Waals surface area contributed by atoms with Gasteiger partial charge in [-0.2, -0.15) is 0 Å². The normalized spacial score (nSPS) is 10.0. The van der Waals surface area contributed by atoms with Crippen LogP contribution < -0.4 is 16.8 Å². The molecule has 0 bridgehead atoms. The van der Waals surface area contributed by atoms with Crippen LogP contribution in [0.1, 0.15) is 13.8 Å². The van der Waals surface area contributed by atoms with Crippen molar-refractivity contribution in [1.29, 1.82) is 0 Å². The van der Waals surface area contributed by atoms with Crippen molar-refractivity contribution in [3.63, 3.8) is 0 Å². The number of hydrogen-bond acceptors (Lipinski definition) is 5. The van der Waals surface area contributed by atoms with Crippen molar-refractivity contribution < 1.29 is 4.79 Å². The molecule has 0 aliphatic heterocycles. The quantitative estimate of drug-likeness (QED) is 0.694. The van der Waals surface area contributed by atoms with E-state index in [-0.39, 0.29) is 18.3 Å². The lowest BCUT2D eigenvalue weighted by atomic mass is 10.3. The highest BCUT2D eigenvalue weighted by Crippen LogP contribution is 2.14. The lowest BCUT2D eigenvalue weighted by molar-refractivity contribution is -0.128. The first-order chi connectivity index (χ1) is 8.08. The van der Waals surface area contributed by atoms with Gasteiger partial charge in [-0.15, -0.1) is 0 Å². The summed E-state index contributed by atoms with van der Waals surface area (Å²) in [5, 5.41) is 2.92. The van der Waals surface area contributed by atoms with E-state index < -0.39 is 0 Å². The smallest absolute Gasteiger partial charge is 0.241 e. The van der Waals surface area contributed by atoms with Crippen LogP contribution in [0.3, 0.4) is 0 Å². The van der Waals surface area contributed by atoms with Gasteiger partial charge < -0.3 is 21.7 Å². The standard InChI is InChI=1S/C11H19N5O/c1-3-16(4-2)10(17)7-14-9-6-5-8(12)11(13)15-9/h5-6H,3-4,7,12H2,1-2H3,(H3,13,14,15). The first-order valence-corrected chi connectivity index (χ1v) is 5.62. The topological polar surface area (TPSA) is 97.3 Å². The molecule has 0 aromatic carbocycles. The number of nitrogens with two attached hydrogens (primary N) is 2. The van der Waals surface area contributed by atoms with Gasteiger partial charge in [-0.1, -0.05) is 0 Å². The van der Waals surface area contributed by atoms with E-state index in [0.29, 0.717) is 24.6 Å². The number of pyridine rings is 1. The van der Waals surface area contributed by atoms with Crippen molar-refractivity contribution in [3.05, 3.63) is 12.1 Å². The number of rotatable bonds is 5. The van der Waals surface area contributed by atoms with Crippen molar-refractivity contribution in [3.8, 4) is 0 Å². The molecule has 1 aromatic heterocycles. The van der Waals surface area contributed by atoms with Crippen LogP contribution in [0.4, 0.5) is 17.3 Å². The predicted octanol–water partition coefficient (Wildman–Crippen LogP) is 0.526. The van der Waals surface area contributed by atoms with Gasteiger partial charge in [0.1, 0.15) is 11.6 Å². The van der Waals surface area contributed by atoms with Crippen LogP contribution in [-0.2, 0) is 4.79 Å². The molecule has 17 heavy (non-hydrogen) atoms. The van der Waals surface area contributed by atoms with Crippen molar-refractivity contribution in [2.45, 2.75) is 13.8 Å². The summed E-state index contributed by atoms with van der Waals surface area (Å²) in [6, 6.07) is 3.35. The van der Waals surface area contributed by atoms with Gasteiger partial charge in [0.15, 0.2) is 0 Å². The molecule has 1 rings (SSSR count). The van der Waals surface area contributed by atoms with Gasteiger partial charge in [0.2, 0.25) is 5.91 Å². The van der Waals surface area contributed by atoms with Crippen LogP contribution in [0.25, 0.3) is 0 Å². The molecule has 6 nitrogen and oxygen atoms in total. The number of anilines is 3. The third-order valence-electron chi connectivity index (χ3n) is 2.49. The largest absolute Gasteiger partial charge is 0.396 e. The monoisotopic (exact) mass is 237 g/mol. The van der Waals surface area contributed by atoms with E-state index in [0.717, 1.165) is 0 Å². The van der Waals surface area contributed by atoms with E-state index in [1.54, 1.807) is 17.0 Å². The van der Waals surface area contributed by atoms with Crippen LogP contribution >= 0.6 is 0 Å². The highest BCUT2D eigenvalue weighted by molar-refractivity contribution is 5.80. The van der Waals surface area contributed by atoms with Gasteiger partial charge in [0.25, 0.3) is 0 Å². The van der Waals surface area contributed by atoms with E-state index in [4.69, 9.17) is 11.5 Å². The van der Waals surface area contributed by atoms with Crippen molar-refractivity contribution in [1.82, 2.24) is 9.88 Å². The second-order valence-electron chi connectivity index (χ2n) is 3.59. The molecule has 0 radical (unpaired) electrons. The number of hydrogen-bond donors (Lipinski definition) is 3. The van der Waals surface area contributed by atoms with Crippen LogP contribution in [0, 0.1) is 0 Å². The zero-order valence-electron chi connectivity index (χ0n) is 10.2. The number of nitrogens with one attached hydrogen (secondary N) is 1. The van der Waals surface area contributed by atoms with Crippen LogP contribution in [0.15, 0.2) is 12.1 Å². The Hall–Kier alpha value is -1.98. The Morgan fingerprint density at radius 2 is 2.00 bits per heavy atom. The fourth-order valence-electron chi connectivity index (χ4n) is 1.44. The molecule has 0 unspecified atom stereocenters. The number of carbonyl (C=O) groups excluding carboxylic acids is 1. The van der Waals surface area contributed by atoms with Gasteiger partial charge in [-0.05, 0) is 26.0 Å². The number of likely N-dealkylation sites (N-methyl/N-ethyl adjacent to an activating group) is 1. The van der Waals surface area contributed by atoms with Crippen LogP contribution in [0.5, 0.6) is 0 Å². The molecule has 6 heteroatoms. The zero-order chi connectivity index (χ0) is 12.8. The number of amides is 1. The Morgan fingerprint density at radius 3 is 2.53 bits per heavy atom. The molecule has 94 valence electrons. The molecule has 0 atom stereocenters. The summed E-state index contributed by atoms with van der Waals surface area (Å²) in [6.07, 6.45) is 0. The molecular formula is C11H19N5O. The molecule has 0 saturated carbocycles. The fraction of sp³-hybridized carbons (Fsp3) is 0.455. The number of aromatic nitrogens is 1. The summed E-state index contributed by atoms with van der Waals surface area (Å²) in [6.45, 7) is 5.50. The predicted molar refractivity (Wildman–Crippen MR) is 69.5 cm³/mol. The number of carbonyl (C=O) groups is 1.